The lowest BCUT2D eigenvalue weighted by Crippen LogP contribution is -2.47. The van der Waals surface area contributed by atoms with Crippen LogP contribution in [0.25, 0.3) is 0 Å². The van der Waals surface area contributed by atoms with Crippen molar-refractivity contribution in [1.29, 1.82) is 0 Å². The van der Waals surface area contributed by atoms with Gasteiger partial charge in [0, 0.05) is 17.8 Å². The van der Waals surface area contributed by atoms with Crippen LogP contribution in [-0.2, 0) is 19.2 Å². The third-order valence-corrected chi connectivity index (χ3v) is 2.50. The van der Waals surface area contributed by atoms with Crippen LogP contribution >= 0.6 is 0 Å². The van der Waals surface area contributed by atoms with Crippen LogP contribution in [0.3, 0.4) is 0 Å². The van der Waals surface area contributed by atoms with Gasteiger partial charge in [-0.3, -0.25) is 9.59 Å². The average Bonchev–Trinajstić information content (AvgIpc) is 2.10. The molecule has 0 N–H and O–H groups in total. The highest BCUT2D eigenvalue weighted by Gasteiger charge is 2.38. The van der Waals surface area contributed by atoms with E-state index in [1.165, 1.54) is 6.92 Å². The van der Waals surface area contributed by atoms with Gasteiger partial charge in [0.2, 0.25) is 0 Å². The zero-order valence-electron chi connectivity index (χ0n) is 13.7. The number of carboxylic acids is 2. The number of carbonyl (C=O) groups is 4. The molecule has 6 nitrogen and oxygen atoms in total. The number of Topliss-reactive ketones (excluding diaryl/α,β-unsaturated/α-hetero) is 2. The first kappa shape index (κ1) is 21.6. The van der Waals surface area contributed by atoms with Crippen LogP contribution in [0.2, 0.25) is 0 Å². The topological polar surface area (TPSA) is 114 Å². The first-order chi connectivity index (χ1) is 9.10. The molecule has 0 aliphatic heterocycles. The highest BCUT2D eigenvalue weighted by Crippen LogP contribution is 2.32. The van der Waals surface area contributed by atoms with Crippen molar-refractivity contribution < 1.29 is 29.4 Å². The highest BCUT2D eigenvalue weighted by atomic mass is 16.4. The Morgan fingerprint density at radius 3 is 1.33 bits per heavy atom. The summed E-state index contributed by atoms with van der Waals surface area (Å²) in [5.41, 5.74) is -1.23. The van der Waals surface area contributed by atoms with E-state index < -0.39 is 35.1 Å². The van der Waals surface area contributed by atoms with E-state index in [9.17, 15) is 29.4 Å². The summed E-state index contributed by atoms with van der Waals surface area (Å²) < 4.78 is 0. The van der Waals surface area contributed by atoms with E-state index in [1.807, 2.05) is 0 Å². The van der Waals surface area contributed by atoms with Gasteiger partial charge in [0.05, 0.1) is 11.9 Å². The molecule has 0 heterocycles. The van der Waals surface area contributed by atoms with Gasteiger partial charge in [0.25, 0.3) is 0 Å². The standard InChI is InChI=1S/C11H20O3.C4H6O3/c1-10(2,3)7(9(13)14)8(12)11(4,5)6;1-3(5)2-4(6)7/h7H,1-6H3,(H,13,14);2H2,1H3,(H,6,7)/p-2. The Morgan fingerprint density at radius 2 is 1.29 bits per heavy atom. The van der Waals surface area contributed by atoms with E-state index in [0.717, 1.165) is 0 Å². The normalized spacial score (nSPS) is 12.7. The Labute approximate surface area is 125 Å². The summed E-state index contributed by atoms with van der Waals surface area (Å²) >= 11 is 0. The quantitative estimate of drug-likeness (QED) is 0.660. The van der Waals surface area contributed by atoms with Crippen LogP contribution in [-0.4, -0.2) is 23.5 Å². The van der Waals surface area contributed by atoms with Crippen LogP contribution in [0.5, 0.6) is 0 Å². The molecule has 21 heavy (non-hydrogen) atoms. The number of carboxylic acid groups (broad SMARTS) is 2. The van der Waals surface area contributed by atoms with Crippen molar-refractivity contribution in [2.45, 2.75) is 54.9 Å². The van der Waals surface area contributed by atoms with E-state index in [0.29, 0.717) is 0 Å². The molecule has 1 unspecified atom stereocenters. The number of hydrogen-bond acceptors (Lipinski definition) is 6. The van der Waals surface area contributed by atoms with Crippen molar-refractivity contribution in [3.8, 4) is 0 Å². The maximum absolute atomic E-state index is 11.8. The molecule has 122 valence electrons. The van der Waals surface area contributed by atoms with Crippen molar-refractivity contribution in [1.82, 2.24) is 0 Å². The third kappa shape index (κ3) is 9.76. The highest BCUT2D eigenvalue weighted by molar-refractivity contribution is 6.00. The number of carbonyl (C=O) groups excluding carboxylic acids is 4. The molecule has 0 aromatic rings. The fraction of sp³-hybridized carbons (Fsp3) is 0.733. The summed E-state index contributed by atoms with van der Waals surface area (Å²) in [6.45, 7) is 11.6. The molecule has 0 fully saturated rings. The molecule has 0 aromatic carbocycles. The molecule has 0 spiro atoms. The maximum Gasteiger partial charge on any atom is 0.147 e. The van der Waals surface area contributed by atoms with Crippen LogP contribution in [0.4, 0.5) is 0 Å². The Kier molecular flexibility index (Phi) is 8.12. The summed E-state index contributed by atoms with van der Waals surface area (Å²) in [5, 5.41) is 20.4. The molecule has 0 saturated carbocycles. The van der Waals surface area contributed by atoms with Crippen molar-refractivity contribution in [3.63, 3.8) is 0 Å². The lowest BCUT2D eigenvalue weighted by atomic mass is 9.71. The predicted molar refractivity (Wildman–Crippen MR) is 72.7 cm³/mol. The minimum Gasteiger partial charge on any atom is -0.550 e. The zero-order valence-corrected chi connectivity index (χ0v) is 13.7. The number of hydrogen-bond donors (Lipinski definition) is 0. The minimum atomic E-state index is -1.31. The second kappa shape index (κ2) is 7.90. The smallest absolute Gasteiger partial charge is 0.147 e. The second-order valence-electron chi connectivity index (χ2n) is 6.98. The molecule has 0 aliphatic rings. The second-order valence-corrected chi connectivity index (χ2v) is 6.98. The summed E-state index contributed by atoms with van der Waals surface area (Å²) in [4.78, 5) is 42.0. The van der Waals surface area contributed by atoms with Gasteiger partial charge >= 0.3 is 0 Å². The number of rotatable bonds is 4. The van der Waals surface area contributed by atoms with E-state index >= 15 is 0 Å². The van der Waals surface area contributed by atoms with Crippen molar-refractivity contribution in [3.05, 3.63) is 0 Å². The van der Waals surface area contributed by atoms with Crippen LogP contribution in [0, 0.1) is 16.7 Å². The molecule has 0 bridgehead atoms. The summed E-state index contributed by atoms with van der Waals surface area (Å²) in [7, 11) is 0. The molecular weight excluding hydrogens is 276 g/mol. The van der Waals surface area contributed by atoms with Crippen molar-refractivity contribution >= 4 is 23.5 Å². The summed E-state index contributed by atoms with van der Waals surface area (Å²) in [5.74, 6) is -4.28. The molecule has 0 amide bonds. The number of ketones is 2. The van der Waals surface area contributed by atoms with E-state index in [4.69, 9.17) is 0 Å². The van der Waals surface area contributed by atoms with Gasteiger partial charge in [-0.25, -0.2) is 0 Å². The Morgan fingerprint density at radius 1 is 0.905 bits per heavy atom. The fourth-order valence-corrected chi connectivity index (χ4v) is 1.49. The minimum absolute atomic E-state index is 0.273. The molecule has 0 aromatic heterocycles. The lowest BCUT2D eigenvalue weighted by molar-refractivity contribution is -0.313. The molecule has 0 aliphatic carbocycles. The first-order valence-corrected chi connectivity index (χ1v) is 6.55. The first-order valence-electron chi connectivity index (χ1n) is 6.55. The van der Waals surface area contributed by atoms with Gasteiger partial charge in [-0.05, 0) is 12.3 Å². The van der Waals surface area contributed by atoms with E-state index in [2.05, 4.69) is 0 Å². The van der Waals surface area contributed by atoms with Crippen LogP contribution in [0.1, 0.15) is 54.9 Å². The van der Waals surface area contributed by atoms with Crippen molar-refractivity contribution in [2.24, 2.45) is 16.7 Å². The largest absolute Gasteiger partial charge is 0.550 e. The summed E-state index contributed by atoms with van der Waals surface area (Å²) in [6.07, 6.45) is -0.472. The predicted octanol–water partition coefficient (Wildman–Crippen LogP) is -0.271. The molecular formula is C15H24O6-2. The monoisotopic (exact) mass is 300 g/mol. The molecule has 0 saturated heterocycles. The van der Waals surface area contributed by atoms with Crippen LogP contribution in [0.15, 0.2) is 0 Å². The Hall–Kier alpha value is -1.72. The maximum atomic E-state index is 11.8. The Bertz CT molecular complexity index is 397. The van der Waals surface area contributed by atoms with Gasteiger partial charge in [-0.1, -0.05) is 41.5 Å². The lowest BCUT2D eigenvalue weighted by Gasteiger charge is -2.34. The van der Waals surface area contributed by atoms with E-state index in [-0.39, 0.29) is 11.6 Å². The van der Waals surface area contributed by atoms with Gasteiger partial charge in [0.1, 0.15) is 11.6 Å². The Balaban J connectivity index is 0. The van der Waals surface area contributed by atoms with Gasteiger partial charge in [-0.15, -0.1) is 0 Å². The molecule has 0 rings (SSSR count). The third-order valence-electron chi connectivity index (χ3n) is 2.50. The van der Waals surface area contributed by atoms with Crippen molar-refractivity contribution in [2.75, 3.05) is 0 Å². The van der Waals surface area contributed by atoms with Crippen LogP contribution < -0.4 is 10.2 Å². The van der Waals surface area contributed by atoms with Gasteiger partial charge in [-0.2, -0.15) is 0 Å². The SMILES string of the molecule is CC(=O)CC(=O)[O-].CC(C)(C)C(=O)C(C(=O)[O-])C(C)(C)C. The zero-order chi connectivity index (χ0) is 17.6. The van der Waals surface area contributed by atoms with E-state index in [1.54, 1.807) is 41.5 Å². The van der Waals surface area contributed by atoms with Gasteiger partial charge in [0.15, 0.2) is 0 Å². The molecule has 0 radical (unpaired) electrons. The molecule has 6 heteroatoms. The molecule has 1 atom stereocenters. The number of aliphatic carboxylic acids is 2. The average molecular weight is 300 g/mol. The van der Waals surface area contributed by atoms with Gasteiger partial charge < -0.3 is 19.8 Å². The summed E-state index contributed by atoms with van der Waals surface area (Å²) in [6, 6.07) is 0. The fourth-order valence-electron chi connectivity index (χ4n) is 1.49.